The van der Waals surface area contributed by atoms with Gasteiger partial charge in [-0.1, -0.05) is 6.08 Å². The van der Waals surface area contributed by atoms with Crippen molar-refractivity contribution in [2.45, 2.75) is 25.5 Å². The minimum absolute atomic E-state index is 0.0484. The van der Waals surface area contributed by atoms with Gasteiger partial charge in [0, 0.05) is 32.3 Å². The van der Waals surface area contributed by atoms with Crippen LogP contribution in [0.4, 0.5) is 0 Å². The van der Waals surface area contributed by atoms with E-state index in [2.05, 4.69) is 22.3 Å². The zero-order valence-electron chi connectivity index (χ0n) is 10.0. The van der Waals surface area contributed by atoms with Crippen molar-refractivity contribution in [3.05, 3.63) is 12.3 Å². The molecule has 3 aliphatic heterocycles. The van der Waals surface area contributed by atoms with Gasteiger partial charge in [-0.25, -0.2) is 5.01 Å². The van der Waals surface area contributed by atoms with Crippen LogP contribution in [0, 0.1) is 0 Å². The summed E-state index contributed by atoms with van der Waals surface area (Å²) < 4.78 is 5.73. The molecule has 0 N–H and O–H groups in total. The maximum absolute atomic E-state index is 11.7. The molecule has 3 aliphatic rings. The fraction of sp³-hybridized carbons (Fsp3) is 0.750. The van der Waals surface area contributed by atoms with E-state index in [-0.39, 0.29) is 12.1 Å². The first-order chi connectivity index (χ1) is 8.34. The topological polar surface area (TPSA) is 36.0 Å². The molecule has 3 rings (SSSR count). The molecule has 94 valence electrons. The number of hydrazine groups is 1. The summed E-state index contributed by atoms with van der Waals surface area (Å²) in [5, 5.41) is 4.54. The second kappa shape index (κ2) is 4.66. The summed E-state index contributed by atoms with van der Waals surface area (Å²) in [6.07, 6.45) is 7.04. The van der Waals surface area contributed by atoms with E-state index in [4.69, 9.17) is 4.74 Å². The highest BCUT2D eigenvalue weighted by Crippen LogP contribution is 2.20. The average Bonchev–Trinajstić information content (AvgIpc) is 2.99. The summed E-state index contributed by atoms with van der Waals surface area (Å²) in [6.45, 7) is 4.34. The van der Waals surface area contributed by atoms with Crippen molar-refractivity contribution < 1.29 is 9.53 Å². The van der Waals surface area contributed by atoms with Crippen molar-refractivity contribution >= 4 is 5.91 Å². The number of hydrogen-bond acceptors (Lipinski definition) is 4. The van der Waals surface area contributed by atoms with Gasteiger partial charge in [-0.3, -0.25) is 4.79 Å². The molecule has 5 heteroatoms. The van der Waals surface area contributed by atoms with Crippen molar-refractivity contribution in [2.75, 3.05) is 32.8 Å². The molecule has 0 spiro atoms. The van der Waals surface area contributed by atoms with Gasteiger partial charge in [0.2, 0.25) is 5.91 Å². The maximum atomic E-state index is 11.7. The first-order valence-electron chi connectivity index (χ1n) is 6.44. The number of nitrogens with zero attached hydrogens (tertiary/aromatic N) is 3. The first-order valence-corrected chi connectivity index (χ1v) is 6.44. The predicted octanol–water partition coefficient (Wildman–Crippen LogP) is 0.402. The Bertz CT molecular complexity index is 332. The fourth-order valence-corrected chi connectivity index (χ4v) is 2.73. The Morgan fingerprint density at radius 3 is 2.94 bits per heavy atom. The molecule has 3 heterocycles. The molecule has 17 heavy (non-hydrogen) atoms. The highest BCUT2D eigenvalue weighted by atomic mass is 16.5. The minimum Gasteiger partial charge on any atom is -0.355 e. The third-order valence-corrected chi connectivity index (χ3v) is 3.65. The van der Waals surface area contributed by atoms with E-state index in [9.17, 15) is 4.79 Å². The van der Waals surface area contributed by atoms with Crippen LogP contribution in [0.2, 0.25) is 0 Å². The quantitative estimate of drug-likeness (QED) is 0.696. The van der Waals surface area contributed by atoms with Crippen LogP contribution in [0.25, 0.3) is 0 Å². The normalized spacial score (nSPS) is 30.6. The molecule has 0 bridgehead atoms. The summed E-state index contributed by atoms with van der Waals surface area (Å²) in [5.41, 5.74) is 0. The summed E-state index contributed by atoms with van der Waals surface area (Å²) in [7, 11) is 0. The lowest BCUT2D eigenvalue weighted by atomic mass is 10.4. The molecule has 5 nitrogen and oxygen atoms in total. The summed E-state index contributed by atoms with van der Waals surface area (Å²) in [5.74, 6) is 0.244. The molecular formula is C12H19N3O2. The van der Waals surface area contributed by atoms with Gasteiger partial charge in [0.1, 0.15) is 6.23 Å². The third kappa shape index (κ3) is 2.17. The van der Waals surface area contributed by atoms with Gasteiger partial charge in [0.15, 0.2) is 0 Å². The van der Waals surface area contributed by atoms with E-state index in [1.165, 1.54) is 0 Å². The average molecular weight is 237 g/mol. The lowest BCUT2D eigenvalue weighted by Crippen LogP contribution is -2.55. The number of likely N-dealkylation sites (tertiary alicyclic amines) is 1. The van der Waals surface area contributed by atoms with Gasteiger partial charge >= 0.3 is 0 Å². The van der Waals surface area contributed by atoms with E-state index in [1.54, 1.807) is 0 Å². The van der Waals surface area contributed by atoms with Gasteiger partial charge < -0.3 is 14.6 Å². The molecule has 0 aromatic rings. The van der Waals surface area contributed by atoms with Gasteiger partial charge in [0.25, 0.3) is 0 Å². The molecule has 0 radical (unpaired) electrons. The van der Waals surface area contributed by atoms with Crippen LogP contribution >= 0.6 is 0 Å². The highest BCUT2D eigenvalue weighted by molar-refractivity contribution is 5.78. The fourth-order valence-electron chi connectivity index (χ4n) is 2.73. The maximum Gasteiger partial charge on any atom is 0.224 e. The van der Waals surface area contributed by atoms with Gasteiger partial charge in [0.05, 0.1) is 13.2 Å². The molecule has 0 aliphatic carbocycles. The molecule has 1 atom stereocenters. The molecule has 0 aromatic carbocycles. The Labute approximate surface area is 102 Å². The Balaban J connectivity index is 1.62. The number of morpholine rings is 1. The molecule has 1 amide bonds. The van der Waals surface area contributed by atoms with Gasteiger partial charge in [-0.2, -0.15) is 0 Å². The number of hydrogen-bond donors (Lipinski definition) is 0. The third-order valence-electron chi connectivity index (χ3n) is 3.65. The Morgan fingerprint density at radius 1 is 1.29 bits per heavy atom. The first kappa shape index (κ1) is 11.0. The number of ether oxygens (including phenoxy) is 1. The number of carbonyl (C=O) groups is 1. The summed E-state index contributed by atoms with van der Waals surface area (Å²) >= 11 is 0. The van der Waals surface area contributed by atoms with Crippen LogP contribution in [-0.2, 0) is 9.53 Å². The number of rotatable bonds is 2. The van der Waals surface area contributed by atoms with Crippen LogP contribution in [0.1, 0.15) is 19.3 Å². The summed E-state index contributed by atoms with van der Waals surface area (Å²) in [6, 6.07) is 0. The molecule has 0 saturated carbocycles. The predicted molar refractivity (Wildman–Crippen MR) is 62.7 cm³/mol. The lowest BCUT2D eigenvalue weighted by molar-refractivity contribution is -0.165. The summed E-state index contributed by atoms with van der Waals surface area (Å²) in [4.78, 5) is 13.6. The molecular weight excluding hydrogens is 218 g/mol. The van der Waals surface area contributed by atoms with Crippen molar-refractivity contribution in [3.63, 3.8) is 0 Å². The van der Waals surface area contributed by atoms with Crippen molar-refractivity contribution in [1.29, 1.82) is 0 Å². The Kier molecular flexibility index (Phi) is 3.03. The van der Waals surface area contributed by atoms with Crippen LogP contribution in [0.3, 0.4) is 0 Å². The van der Waals surface area contributed by atoms with Crippen LogP contribution in [-0.4, -0.2) is 59.8 Å². The van der Waals surface area contributed by atoms with Crippen molar-refractivity contribution in [1.82, 2.24) is 14.9 Å². The molecule has 1 unspecified atom stereocenters. The second-order valence-corrected chi connectivity index (χ2v) is 4.77. The smallest absolute Gasteiger partial charge is 0.224 e. The molecule has 0 aromatic heterocycles. The van der Waals surface area contributed by atoms with Crippen LogP contribution in [0.5, 0.6) is 0 Å². The largest absolute Gasteiger partial charge is 0.355 e. The Morgan fingerprint density at radius 2 is 2.24 bits per heavy atom. The van der Waals surface area contributed by atoms with E-state index in [1.807, 2.05) is 4.90 Å². The Hall–Kier alpha value is -1.07. The second-order valence-electron chi connectivity index (χ2n) is 4.77. The van der Waals surface area contributed by atoms with E-state index < -0.39 is 0 Å². The molecule has 2 saturated heterocycles. The van der Waals surface area contributed by atoms with Crippen molar-refractivity contribution in [2.24, 2.45) is 0 Å². The van der Waals surface area contributed by atoms with Crippen LogP contribution in [0.15, 0.2) is 12.3 Å². The molecule has 2 fully saturated rings. The van der Waals surface area contributed by atoms with E-state index in [0.717, 1.165) is 39.0 Å². The zero-order chi connectivity index (χ0) is 11.7. The van der Waals surface area contributed by atoms with E-state index in [0.29, 0.717) is 13.0 Å². The highest BCUT2D eigenvalue weighted by Gasteiger charge is 2.33. The monoisotopic (exact) mass is 237 g/mol. The van der Waals surface area contributed by atoms with Gasteiger partial charge in [-0.15, -0.1) is 0 Å². The zero-order valence-corrected chi connectivity index (χ0v) is 10.0. The van der Waals surface area contributed by atoms with Crippen LogP contribution < -0.4 is 0 Å². The standard InChI is InChI=1S/C12H19N3O2/c16-11-4-3-7-15(11)12-10-14(8-9-17-12)13-5-1-2-6-13/h1,5,12H,2-4,6-10H2. The SMILES string of the molecule is O=C1CCCN1C1CN(N2C=CCC2)CCO1. The van der Waals surface area contributed by atoms with E-state index >= 15 is 0 Å². The number of carbonyl (C=O) groups excluding carboxylic acids is 1. The number of amides is 1. The van der Waals surface area contributed by atoms with Gasteiger partial charge in [-0.05, 0) is 12.8 Å². The lowest BCUT2D eigenvalue weighted by Gasteiger charge is -2.41. The van der Waals surface area contributed by atoms with Crippen molar-refractivity contribution in [3.8, 4) is 0 Å². The minimum atomic E-state index is -0.0484.